The Balaban J connectivity index is 0.950. The van der Waals surface area contributed by atoms with Gasteiger partial charge in [0.05, 0.1) is 37.2 Å². The summed E-state index contributed by atoms with van der Waals surface area (Å²) in [5.74, 6) is -0.863. The number of alkyl carbamates (subject to hydrolysis) is 2. The molecule has 0 saturated carbocycles. The zero-order valence-corrected chi connectivity index (χ0v) is 41.4. The van der Waals surface area contributed by atoms with Gasteiger partial charge in [0.15, 0.2) is 0 Å². The van der Waals surface area contributed by atoms with Crippen molar-refractivity contribution in [2.45, 2.75) is 104 Å². The summed E-state index contributed by atoms with van der Waals surface area (Å²) in [6.45, 7) is 15.3. The second-order valence-electron chi connectivity index (χ2n) is 19.3. The van der Waals surface area contributed by atoms with E-state index in [0.717, 1.165) is 29.5 Å². The van der Waals surface area contributed by atoms with Crippen LogP contribution < -0.4 is 20.9 Å². The maximum Gasteiger partial charge on any atom is 0.407 e. The molecule has 2 aromatic carbocycles. The number of halogens is 1. The van der Waals surface area contributed by atoms with Crippen LogP contribution in [0, 0.1) is 24.6 Å². The number of pyridine rings is 1. The number of ether oxygens (including phenoxy) is 2. The second kappa shape index (κ2) is 21.3. The quantitative estimate of drug-likeness (QED) is 0.111. The number of aromatic amines is 1. The minimum Gasteiger partial charge on any atom is -0.453 e. The molecule has 374 valence electrons. The molecule has 4 N–H and O–H groups in total. The van der Waals surface area contributed by atoms with Gasteiger partial charge in [-0.15, -0.1) is 0 Å². The fourth-order valence-electron chi connectivity index (χ4n) is 9.87. The zero-order chi connectivity index (χ0) is 50.6. The number of hydrogen-bond donors (Lipinski definition) is 4. The van der Waals surface area contributed by atoms with Crippen molar-refractivity contribution in [3.05, 3.63) is 83.7 Å². The minimum absolute atomic E-state index is 0.0290. The summed E-state index contributed by atoms with van der Waals surface area (Å²) in [5.41, 5.74) is 2.89. The highest BCUT2D eigenvalue weighted by Crippen LogP contribution is 2.36. The third kappa shape index (κ3) is 10.6. The molecule has 0 radical (unpaired) electrons. The van der Waals surface area contributed by atoms with Gasteiger partial charge in [0.1, 0.15) is 35.1 Å². The number of nitrogens with zero attached hydrogens (tertiary/aromatic N) is 6. The first kappa shape index (κ1) is 50.8. The van der Waals surface area contributed by atoms with Gasteiger partial charge in [0.2, 0.25) is 17.7 Å². The smallest absolute Gasteiger partial charge is 0.407 e. The summed E-state index contributed by atoms with van der Waals surface area (Å²) in [6, 6.07) is 12.0. The lowest BCUT2D eigenvalue weighted by molar-refractivity contribution is -0.152. The first-order valence-corrected chi connectivity index (χ1v) is 24.0. The van der Waals surface area contributed by atoms with Crippen molar-refractivity contribution in [2.75, 3.05) is 57.2 Å². The molecule has 5 heterocycles. The van der Waals surface area contributed by atoms with Crippen molar-refractivity contribution in [1.29, 1.82) is 0 Å². The molecule has 3 aliphatic heterocycles. The molecule has 3 saturated heterocycles. The Hall–Kier alpha value is -7.05. The number of carbonyl (C=O) groups excluding carboxylic acids is 6. The van der Waals surface area contributed by atoms with Crippen molar-refractivity contribution in [2.24, 2.45) is 11.8 Å². The Morgan fingerprint density at radius 3 is 2.11 bits per heavy atom. The average molecular weight is 965 g/mol. The number of amides is 6. The number of carbonyl (C=O) groups is 6. The Bertz CT molecular complexity index is 2590. The normalized spacial score (nSPS) is 20.1. The van der Waals surface area contributed by atoms with Gasteiger partial charge in [0.25, 0.3) is 5.91 Å². The molecule has 0 aliphatic carbocycles. The lowest BCUT2D eigenvalue weighted by Gasteiger charge is -2.45. The number of benzene rings is 2. The predicted molar refractivity (Wildman–Crippen MR) is 261 cm³/mol. The number of imidazole rings is 1. The zero-order valence-electron chi connectivity index (χ0n) is 41.4. The van der Waals surface area contributed by atoms with Crippen LogP contribution in [0.25, 0.3) is 22.4 Å². The molecule has 0 spiro atoms. The Labute approximate surface area is 408 Å². The number of piperazine rings is 1. The fraction of sp³-hybridized carbons (Fsp3) is 0.490. The van der Waals surface area contributed by atoms with Crippen LogP contribution in [0.15, 0.2) is 60.9 Å². The van der Waals surface area contributed by atoms with Gasteiger partial charge in [-0.05, 0) is 99.2 Å². The molecular weight excluding hydrogens is 900 g/mol. The van der Waals surface area contributed by atoms with Crippen molar-refractivity contribution < 1.29 is 42.6 Å². The highest BCUT2D eigenvalue weighted by atomic mass is 19.1. The highest BCUT2D eigenvalue weighted by Gasteiger charge is 2.50. The predicted octanol–water partition coefficient (Wildman–Crippen LogP) is 6.68. The van der Waals surface area contributed by atoms with Crippen LogP contribution in [-0.2, 0) is 23.9 Å². The molecule has 19 heteroatoms. The van der Waals surface area contributed by atoms with E-state index in [1.54, 1.807) is 46.0 Å². The van der Waals surface area contributed by atoms with E-state index in [0.29, 0.717) is 68.5 Å². The summed E-state index contributed by atoms with van der Waals surface area (Å²) in [4.78, 5) is 98.9. The Morgan fingerprint density at radius 2 is 1.50 bits per heavy atom. The standard InChI is InChI=1S/C51H65FN10O8/c1-29(2)42(57-49(67)69-8)46(64)61-20-10-12-40(61)44-54-27-39(55-44)34-15-13-33(14-16-34)36-25-37(52)38(24-31(36)5)56-45(63)35-17-18-41(53-26-35)60-23-22-59(28-32(60)6)48(66)51(7)19-11-21-62(51)47(65)43(30(3)4)58-50(68)70-9/h13-18,24-27,29-30,32,40,42-43H,10-12,19-23,28H2,1-9H3,(H,54,55)(H,56,63)(H,57,67)(H,58,68)/t32-,40+,42+,43+,51+/m1/s1. The van der Waals surface area contributed by atoms with E-state index in [1.165, 1.54) is 26.5 Å². The Morgan fingerprint density at radius 1 is 0.843 bits per heavy atom. The molecule has 0 unspecified atom stereocenters. The van der Waals surface area contributed by atoms with Crippen LogP contribution in [-0.4, -0.2) is 136 Å². The maximum atomic E-state index is 15.7. The van der Waals surface area contributed by atoms with Crippen molar-refractivity contribution in [3.8, 4) is 22.4 Å². The summed E-state index contributed by atoms with van der Waals surface area (Å²) >= 11 is 0. The largest absolute Gasteiger partial charge is 0.453 e. The van der Waals surface area contributed by atoms with Crippen molar-refractivity contribution in [3.63, 3.8) is 0 Å². The summed E-state index contributed by atoms with van der Waals surface area (Å²) in [5, 5.41) is 8.01. The summed E-state index contributed by atoms with van der Waals surface area (Å²) in [6.07, 6.45) is 4.57. The van der Waals surface area contributed by atoms with Crippen LogP contribution in [0.1, 0.15) is 95.0 Å². The van der Waals surface area contributed by atoms with E-state index >= 15 is 4.39 Å². The molecule has 6 amide bonds. The first-order chi connectivity index (χ1) is 33.3. The molecule has 4 aromatic rings. The van der Waals surface area contributed by atoms with Crippen molar-refractivity contribution in [1.82, 2.24) is 40.3 Å². The lowest BCUT2D eigenvalue weighted by Crippen LogP contribution is -2.64. The molecule has 7 rings (SSSR count). The fourth-order valence-corrected chi connectivity index (χ4v) is 9.87. The number of methoxy groups -OCH3 is 2. The number of anilines is 2. The molecule has 70 heavy (non-hydrogen) atoms. The van der Waals surface area contributed by atoms with Gasteiger partial charge in [0, 0.05) is 56.7 Å². The number of nitrogens with one attached hydrogen (secondary N) is 4. The third-order valence-corrected chi connectivity index (χ3v) is 13.9. The maximum absolute atomic E-state index is 15.7. The van der Waals surface area contributed by atoms with Gasteiger partial charge in [-0.25, -0.2) is 23.9 Å². The molecular formula is C51H65FN10O8. The first-order valence-electron chi connectivity index (χ1n) is 24.0. The van der Waals surface area contributed by atoms with Crippen molar-refractivity contribution >= 4 is 47.3 Å². The minimum atomic E-state index is -1.06. The summed E-state index contributed by atoms with van der Waals surface area (Å²) in [7, 11) is 2.51. The second-order valence-corrected chi connectivity index (χ2v) is 19.3. The number of aryl methyl sites for hydroxylation is 1. The Kier molecular flexibility index (Phi) is 15.5. The molecule has 18 nitrogen and oxygen atoms in total. The summed E-state index contributed by atoms with van der Waals surface area (Å²) < 4.78 is 25.2. The van der Waals surface area contributed by atoms with E-state index in [-0.39, 0.29) is 52.9 Å². The molecule has 5 atom stereocenters. The molecule has 3 fully saturated rings. The number of aromatic nitrogens is 3. The van der Waals surface area contributed by atoms with Gasteiger partial charge >= 0.3 is 12.2 Å². The topological polar surface area (TPSA) is 211 Å². The van der Waals surface area contributed by atoms with Gasteiger partial charge in [-0.1, -0.05) is 52.0 Å². The van der Waals surface area contributed by atoms with Gasteiger partial charge < -0.3 is 50.0 Å². The van der Waals surface area contributed by atoms with E-state index in [2.05, 4.69) is 30.8 Å². The van der Waals surface area contributed by atoms with Crippen LogP contribution >= 0.6 is 0 Å². The monoisotopic (exact) mass is 964 g/mol. The van der Waals surface area contributed by atoms with Gasteiger partial charge in [-0.2, -0.15) is 0 Å². The van der Waals surface area contributed by atoms with Crippen LogP contribution in [0.2, 0.25) is 0 Å². The number of likely N-dealkylation sites (tertiary alicyclic amines) is 2. The SMILES string of the molecule is COC(=O)N[C@H](C(=O)N1CCC[C@H]1c1nc(-c2ccc(-c3cc(F)c(NC(=O)c4ccc(N5CCN(C(=O)[C@]6(C)CCCN6C(=O)[C@@H](NC(=O)OC)C(C)C)C[C@H]5C)nc4)cc3C)cc2)c[nH]1)C(C)C. The van der Waals surface area contributed by atoms with Gasteiger partial charge in [-0.3, -0.25) is 19.2 Å². The lowest BCUT2D eigenvalue weighted by atomic mass is 9.93. The molecule has 2 aromatic heterocycles. The average Bonchev–Trinajstić information content (AvgIpc) is 4.14. The highest BCUT2D eigenvalue weighted by molar-refractivity contribution is 6.04. The van der Waals surface area contributed by atoms with Crippen LogP contribution in [0.4, 0.5) is 25.5 Å². The molecule has 0 bridgehead atoms. The third-order valence-electron chi connectivity index (χ3n) is 13.9. The van der Waals surface area contributed by atoms with E-state index < -0.39 is 41.5 Å². The number of H-pyrrole nitrogens is 1. The number of hydrogen-bond acceptors (Lipinski definition) is 11. The van der Waals surface area contributed by atoms with E-state index in [4.69, 9.17) is 14.5 Å². The van der Waals surface area contributed by atoms with Crippen LogP contribution in [0.3, 0.4) is 0 Å². The molecule has 3 aliphatic rings. The van der Waals surface area contributed by atoms with E-state index in [1.807, 2.05) is 65.8 Å². The van der Waals surface area contributed by atoms with Crippen LogP contribution in [0.5, 0.6) is 0 Å². The number of rotatable bonds is 13. The van der Waals surface area contributed by atoms with E-state index in [9.17, 15) is 28.8 Å².